The molecular formula is C15H13ClN4O2S. The van der Waals surface area contributed by atoms with Gasteiger partial charge in [0.05, 0.1) is 11.1 Å². The normalized spacial score (nSPS) is 10.5. The number of nitro groups is 1. The van der Waals surface area contributed by atoms with E-state index in [2.05, 4.69) is 15.8 Å². The SMILES string of the molecule is O=[N+]([O-])c1cc(/C=N/NC(=S)NCc2ccccc2)ccc1Cl. The minimum Gasteiger partial charge on any atom is -0.357 e. The van der Waals surface area contributed by atoms with Crippen LogP contribution >= 0.6 is 23.8 Å². The maximum atomic E-state index is 10.8. The maximum Gasteiger partial charge on any atom is 0.288 e. The van der Waals surface area contributed by atoms with Gasteiger partial charge in [0, 0.05) is 18.2 Å². The third-order valence-corrected chi connectivity index (χ3v) is 3.40. The average molecular weight is 349 g/mol. The number of halogens is 1. The molecule has 6 nitrogen and oxygen atoms in total. The van der Waals surface area contributed by atoms with E-state index in [4.69, 9.17) is 23.8 Å². The van der Waals surface area contributed by atoms with Gasteiger partial charge >= 0.3 is 0 Å². The van der Waals surface area contributed by atoms with Crippen LogP contribution in [0.15, 0.2) is 53.6 Å². The molecule has 0 fully saturated rings. The molecule has 0 radical (unpaired) electrons. The second-order valence-electron chi connectivity index (χ2n) is 4.51. The average Bonchev–Trinajstić information content (AvgIpc) is 2.55. The Morgan fingerprint density at radius 3 is 2.74 bits per heavy atom. The topological polar surface area (TPSA) is 79.6 Å². The second kappa shape index (κ2) is 8.21. The van der Waals surface area contributed by atoms with Crippen LogP contribution in [0, 0.1) is 10.1 Å². The smallest absolute Gasteiger partial charge is 0.288 e. The third kappa shape index (κ3) is 5.32. The summed E-state index contributed by atoms with van der Waals surface area (Å²) < 4.78 is 0. The molecule has 2 aromatic rings. The lowest BCUT2D eigenvalue weighted by molar-refractivity contribution is -0.384. The van der Waals surface area contributed by atoms with Crippen molar-refractivity contribution < 1.29 is 4.92 Å². The summed E-state index contributed by atoms with van der Waals surface area (Å²) in [6, 6.07) is 14.2. The van der Waals surface area contributed by atoms with E-state index in [-0.39, 0.29) is 10.7 Å². The van der Waals surface area contributed by atoms with E-state index in [0.29, 0.717) is 17.2 Å². The Labute approximate surface area is 143 Å². The number of hydrogen-bond acceptors (Lipinski definition) is 4. The van der Waals surface area contributed by atoms with Crippen molar-refractivity contribution in [2.24, 2.45) is 5.10 Å². The highest BCUT2D eigenvalue weighted by atomic mass is 35.5. The number of benzene rings is 2. The van der Waals surface area contributed by atoms with Crippen LogP contribution in [0.1, 0.15) is 11.1 Å². The largest absolute Gasteiger partial charge is 0.357 e. The number of hydrogen-bond donors (Lipinski definition) is 2. The Morgan fingerprint density at radius 1 is 1.30 bits per heavy atom. The van der Waals surface area contributed by atoms with Crippen LogP contribution in [0.2, 0.25) is 5.02 Å². The predicted octanol–water partition coefficient (Wildman–Crippen LogP) is 3.25. The Kier molecular flexibility index (Phi) is 6.02. The maximum absolute atomic E-state index is 10.8. The summed E-state index contributed by atoms with van der Waals surface area (Å²) >= 11 is 10.8. The first-order valence-corrected chi connectivity index (χ1v) is 7.39. The molecule has 2 rings (SSSR count). The molecule has 0 saturated heterocycles. The lowest BCUT2D eigenvalue weighted by Gasteiger charge is -2.06. The van der Waals surface area contributed by atoms with Gasteiger partial charge in [0.1, 0.15) is 5.02 Å². The molecule has 118 valence electrons. The first-order chi connectivity index (χ1) is 11.1. The number of rotatable bonds is 5. The number of thiocarbonyl (C=S) groups is 1. The highest BCUT2D eigenvalue weighted by molar-refractivity contribution is 7.80. The van der Waals surface area contributed by atoms with E-state index >= 15 is 0 Å². The quantitative estimate of drug-likeness (QED) is 0.375. The molecule has 0 aliphatic rings. The molecule has 0 spiro atoms. The third-order valence-electron chi connectivity index (χ3n) is 2.84. The number of nitrogens with one attached hydrogen (secondary N) is 2. The summed E-state index contributed by atoms with van der Waals surface area (Å²) in [5.74, 6) is 0. The van der Waals surface area contributed by atoms with Crippen LogP contribution in [0.4, 0.5) is 5.69 Å². The second-order valence-corrected chi connectivity index (χ2v) is 5.32. The van der Waals surface area contributed by atoms with E-state index in [1.165, 1.54) is 18.3 Å². The number of hydrazone groups is 1. The molecule has 0 amide bonds. The predicted molar refractivity (Wildman–Crippen MR) is 94.7 cm³/mol. The van der Waals surface area contributed by atoms with Crippen molar-refractivity contribution in [3.63, 3.8) is 0 Å². The monoisotopic (exact) mass is 348 g/mol. The molecule has 0 heterocycles. The Morgan fingerprint density at radius 2 is 2.04 bits per heavy atom. The minimum atomic E-state index is -0.543. The van der Waals surface area contributed by atoms with Crippen LogP contribution < -0.4 is 10.7 Å². The van der Waals surface area contributed by atoms with E-state index in [9.17, 15) is 10.1 Å². The van der Waals surface area contributed by atoms with Crippen LogP contribution in [0.3, 0.4) is 0 Å². The highest BCUT2D eigenvalue weighted by Gasteiger charge is 2.11. The molecular weight excluding hydrogens is 336 g/mol. The summed E-state index contributed by atoms with van der Waals surface area (Å²) in [6.07, 6.45) is 1.43. The molecule has 0 aliphatic carbocycles. The first kappa shape index (κ1) is 16.9. The van der Waals surface area contributed by atoms with Crippen molar-refractivity contribution in [1.29, 1.82) is 0 Å². The van der Waals surface area contributed by atoms with E-state index in [0.717, 1.165) is 5.56 Å². The molecule has 0 aliphatic heterocycles. The zero-order valence-electron chi connectivity index (χ0n) is 11.9. The Balaban J connectivity index is 1.87. The fourth-order valence-corrected chi connectivity index (χ4v) is 2.04. The van der Waals surface area contributed by atoms with Crippen LogP contribution in [-0.2, 0) is 6.54 Å². The summed E-state index contributed by atoms with van der Waals surface area (Å²) in [6.45, 7) is 0.578. The zero-order chi connectivity index (χ0) is 16.7. The van der Waals surface area contributed by atoms with Crippen LogP contribution in [0.5, 0.6) is 0 Å². The van der Waals surface area contributed by atoms with Crippen LogP contribution in [-0.4, -0.2) is 16.3 Å². The fraction of sp³-hybridized carbons (Fsp3) is 0.0667. The fourth-order valence-electron chi connectivity index (χ4n) is 1.73. The molecule has 0 saturated carbocycles. The molecule has 0 atom stereocenters. The van der Waals surface area contributed by atoms with Gasteiger partial charge in [-0.05, 0) is 23.8 Å². The number of nitro benzene ring substituents is 1. The van der Waals surface area contributed by atoms with Gasteiger partial charge in [0.25, 0.3) is 5.69 Å². The van der Waals surface area contributed by atoms with Crippen molar-refractivity contribution in [3.8, 4) is 0 Å². The molecule has 2 aromatic carbocycles. The van der Waals surface area contributed by atoms with Crippen molar-refractivity contribution >= 4 is 40.8 Å². The van der Waals surface area contributed by atoms with Gasteiger partial charge in [-0.2, -0.15) is 5.10 Å². The van der Waals surface area contributed by atoms with E-state index in [1.54, 1.807) is 6.07 Å². The zero-order valence-corrected chi connectivity index (χ0v) is 13.5. The molecule has 23 heavy (non-hydrogen) atoms. The lowest BCUT2D eigenvalue weighted by Crippen LogP contribution is -2.31. The van der Waals surface area contributed by atoms with Crippen molar-refractivity contribution in [2.75, 3.05) is 0 Å². The summed E-state index contributed by atoms with van der Waals surface area (Å²) in [4.78, 5) is 10.3. The molecule has 0 unspecified atom stereocenters. The van der Waals surface area contributed by atoms with Gasteiger partial charge in [-0.3, -0.25) is 15.5 Å². The summed E-state index contributed by atoms with van der Waals surface area (Å²) in [7, 11) is 0. The summed E-state index contributed by atoms with van der Waals surface area (Å²) in [5, 5.41) is 18.2. The van der Waals surface area contributed by atoms with E-state index in [1.807, 2.05) is 30.3 Å². The highest BCUT2D eigenvalue weighted by Crippen LogP contribution is 2.24. The van der Waals surface area contributed by atoms with Gasteiger partial charge in [0.15, 0.2) is 5.11 Å². The lowest BCUT2D eigenvalue weighted by atomic mass is 10.2. The first-order valence-electron chi connectivity index (χ1n) is 6.61. The summed E-state index contributed by atoms with van der Waals surface area (Å²) in [5.41, 5.74) is 4.12. The van der Waals surface area contributed by atoms with Crippen LogP contribution in [0.25, 0.3) is 0 Å². The number of nitrogens with zero attached hydrogens (tertiary/aromatic N) is 2. The van der Waals surface area contributed by atoms with Gasteiger partial charge in [0.2, 0.25) is 0 Å². The molecule has 0 bridgehead atoms. The van der Waals surface area contributed by atoms with Crippen molar-refractivity contribution in [2.45, 2.75) is 6.54 Å². The van der Waals surface area contributed by atoms with Gasteiger partial charge in [-0.15, -0.1) is 0 Å². The van der Waals surface area contributed by atoms with E-state index < -0.39 is 4.92 Å². The van der Waals surface area contributed by atoms with Crippen molar-refractivity contribution in [3.05, 3.63) is 74.8 Å². The van der Waals surface area contributed by atoms with Gasteiger partial charge in [-0.1, -0.05) is 48.0 Å². The standard InChI is InChI=1S/C15H13ClN4O2S/c16-13-7-6-12(8-14(13)20(21)22)10-18-19-15(23)17-9-11-4-2-1-3-5-11/h1-8,10H,9H2,(H2,17,19,23)/b18-10+. The molecule has 2 N–H and O–H groups in total. The molecule has 8 heteroatoms. The van der Waals surface area contributed by atoms with Crippen molar-refractivity contribution in [1.82, 2.24) is 10.7 Å². The van der Waals surface area contributed by atoms with Gasteiger partial charge in [-0.25, -0.2) is 0 Å². The molecule has 0 aromatic heterocycles. The minimum absolute atomic E-state index is 0.0835. The van der Waals surface area contributed by atoms with Gasteiger partial charge < -0.3 is 5.32 Å². The Bertz CT molecular complexity index is 738. The Hall–Kier alpha value is -2.51.